The molecule has 92 valence electrons. The zero-order valence-electron chi connectivity index (χ0n) is 10.3. The lowest BCUT2D eigenvalue weighted by molar-refractivity contribution is 0.102. The van der Waals surface area contributed by atoms with Crippen LogP contribution in [0.3, 0.4) is 0 Å². The fraction of sp³-hybridized carbons (Fsp3) is 0.154. The summed E-state index contributed by atoms with van der Waals surface area (Å²) < 4.78 is 0. The van der Waals surface area contributed by atoms with E-state index in [2.05, 4.69) is 15.3 Å². The fourth-order valence-electron chi connectivity index (χ4n) is 1.51. The summed E-state index contributed by atoms with van der Waals surface area (Å²) in [6.45, 7) is 3.70. The predicted molar refractivity (Wildman–Crippen MR) is 70.3 cm³/mol. The van der Waals surface area contributed by atoms with Gasteiger partial charge in [-0.2, -0.15) is 0 Å². The summed E-state index contributed by atoms with van der Waals surface area (Å²) in [7, 11) is 0. The van der Waals surface area contributed by atoms with E-state index < -0.39 is 0 Å². The lowest BCUT2D eigenvalue weighted by Gasteiger charge is -2.06. The number of nitrogen functional groups attached to an aromatic ring is 1. The van der Waals surface area contributed by atoms with Crippen molar-refractivity contribution in [3.05, 3.63) is 47.4 Å². The Morgan fingerprint density at radius 2 is 2.06 bits per heavy atom. The molecule has 0 aliphatic heterocycles. The molecule has 0 saturated heterocycles. The number of anilines is 2. The van der Waals surface area contributed by atoms with Crippen LogP contribution < -0.4 is 11.1 Å². The Morgan fingerprint density at radius 3 is 2.72 bits per heavy atom. The molecule has 0 spiro atoms. The minimum absolute atomic E-state index is 0.211. The van der Waals surface area contributed by atoms with Crippen LogP contribution >= 0.6 is 0 Å². The molecule has 2 rings (SSSR count). The number of nitrogens with zero attached hydrogens (tertiary/aromatic N) is 2. The predicted octanol–water partition coefficient (Wildman–Crippen LogP) is 1.93. The summed E-state index contributed by atoms with van der Waals surface area (Å²) in [5.74, 6) is 0.276. The smallest absolute Gasteiger partial charge is 0.256 e. The number of amides is 1. The summed E-state index contributed by atoms with van der Waals surface area (Å²) in [6, 6.07) is 5.12. The number of hydrogen-bond acceptors (Lipinski definition) is 4. The molecule has 5 heteroatoms. The summed E-state index contributed by atoms with van der Waals surface area (Å²) in [6.07, 6.45) is 3.13. The van der Waals surface area contributed by atoms with Crippen LogP contribution in [0.15, 0.2) is 30.6 Å². The largest absolute Gasteiger partial charge is 0.397 e. The van der Waals surface area contributed by atoms with Crippen LogP contribution in [0.1, 0.15) is 21.6 Å². The molecular formula is C13H14N4O. The Kier molecular flexibility index (Phi) is 3.23. The van der Waals surface area contributed by atoms with Crippen molar-refractivity contribution in [2.24, 2.45) is 0 Å². The van der Waals surface area contributed by atoms with E-state index in [0.717, 1.165) is 11.3 Å². The van der Waals surface area contributed by atoms with E-state index in [1.165, 1.54) is 6.20 Å². The number of nitrogens with one attached hydrogen (secondary N) is 1. The van der Waals surface area contributed by atoms with Crippen LogP contribution in [0, 0.1) is 13.8 Å². The number of carbonyl (C=O) groups excluding carboxylic acids is 1. The second-order valence-electron chi connectivity index (χ2n) is 4.07. The Balaban J connectivity index is 2.18. The maximum absolute atomic E-state index is 12.0. The zero-order chi connectivity index (χ0) is 13.1. The van der Waals surface area contributed by atoms with Gasteiger partial charge in [0.2, 0.25) is 0 Å². The standard InChI is InChI=1S/C13H14N4O/c1-8-5-12(16-7-11(8)14)17-13(18)10-3-4-15-9(2)6-10/h3-7H,14H2,1-2H3,(H,16,17,18). The van der Waals surface area contributed by atoms with Crippen LogP contribution in [0.2, 0.25) is 0 Å². The number of nitrogens with two attached hydrogens (primary N) is 1. The Morgan fingerprint density at radius 1 is 1.28 bits per heavy atom. The van der Waals surface area contributed by atoms with E-state index in [9.17, 15) is 4.79 Å². The molecular weight excluding hydrogens is 228 g/mol. The molecule has 18 heavy (non-hydrogen) atoms. The van der Waals surface area contributed by atoms with Gasteiger partial charge in [-0.1, -0.05) is 0 Å². The molecule has 1 amide bonds. The second kappa shape index (κ2) is 4.83. The quantitative estimate of drug-likeness (QED) is 0.843. The molecule has 2 aromatic rings. The average molecular weight is 242 g/mol. The number of aromatic nitrogens is 2. The first-order valence-electron chi connectivity index (χ1n) is 5.52. The number of pyridine rings is 2. The molecule has 0 aliphatic carbocycles. The van der Waals surface area contributed by atoms with E-state index in [4.69, 9.17) is 5.73 Å². The first kappa shape index (κ1) is 12.0. The Labute approximate surface area is 105 Å². The van der Waals surface area contributed by atoms with Gasteiger partial charge in [0.1, 0.15) is 5.82 Å². The third-order valence-electron chi connectivity index (χ3n) is 2.55. The van der Waals surface area contributed by atoms with Gasteiger partial charge in [-0.25, -0.2) is 4.98 Å². The maximum atomic E-state index is 12.0. The van der Waals surface area contributed by atoms with Crippen molar-refractivity contribution in [3.8, 4) is 0 Å². The summed E-state index contributed by atoms with van der Waals surface area (Å²) in [5.41, 5.74) is 8.50. The van der Waals surface area contributed by atoms with Gasteiger partial charge in [-0.15, -0.1) is 0 Å². The van der Waals surface area contributed by atoms with E-state index in [1.54, 1.807) is 24.4 Å². The van der Waals surface area contributed by atoms with E-state index in [1.807, 2.05) is 13.8 Å². The van der Waals surface area contributed by atoms with Crippen LogP contribution in [0.5, 0.6) is 0 Å². The molecule has 2 heterocycles. The van der Waals surface area contributed by atoms with E-state index in [0.29, 0.717) is 17.1 Å². The molecule has 0 radical (unpaired) electrons. The normalized spacial score (nSPS) is 10.1. The highest BCUT2D eigenvalue weighted by Crippen LogP contribution is 2.14. The number of aryl methyl sites for hydroxylation is 2. The van der Waals surface area contributed by atoms with Crippen molar-refractivity contribution in [1.82, 2.24) is 9.97 Å². The van der Waals surface area contributed by atoms with Crippen molar-refractivity contribution >= 4 is 17.4 Å². The third kappa shape index (κ3) is 2.63. The minimum atomic E-state index is -0.211. The lowest BCUT2D eigenvalue weighted by Crippen LogP contribution is -2.13. The SMILES string of the molecule is Cc1cc(C(=O)Nc2cc(C)c(N)cn2)ccn1. The van der Waals surface area contributed by atoms with Crippen LogP contribution in [0.25, 0.3) is 0 Å². The molecule has 0 unspecified atom stereocenters. The topological polar surface area (TPSA) is 80.9 Å². The van der Waals surface area contributed by atoms with Gasteiger partial charge in [-0.05, 0) is 37.6 Å². The van der Waals surface area contributed by atoms with Gasteiger partial charge in [-0.3, -0.25) is 9.78 Å². The van der Waals surface area contributed by atoms with Crippen molar-refractivity contribution in [1.29, 1.82) is 0 Å². The average Bonchev–Trinajstić information content (AvgIpc) is 2.34. The molecule has 2 aromatic heterocycles. The minimum Gasteiger partial charge on any atom is -0.397 e. The van der Waals surface area contributed by atoms with Crippen LogP contribution in [-0.4, -0.2) is 15.9 Å². The van der Waals surface area contributed by atoms with Crippen molar-refractivity contribution in [3.63, 3.8) is 0 Å². The van der Waals surface area contributed by atoms with Gasteiger partial charge in [0.05, 0.1) is 11.9 Å². The molecule has 0 bridgehead atoms. The summed E-state index contributed by atoms with van der Waals surface area (Å²) >= 11 is 0. The highest BCUT2D eigenvalue weighted by Gasteiger charge is 2.07. The zero-order valence-corrected chi connectivity index (χ0v) is 10.3. The molecule has 0 aromatic carbocycles. The van der Waals surface area contributed by atoms with E-state index >= 15 is 0 Å². The molecule has 0 aliphatic rings. The second-order valence-corrected chi connectivity index (χ2v) is 4.07. The van der Waals surface area contributed by atoms with Crippen molar-refractivity contribution in [2.75, 3.05) is 11.1 Å². The van der Waals surface area contributed by atoms with Gasteiger partial charge < -0.3 is 11.1 Å². The number of carbonyl (C=O) groups is 1. The van der Waals surface area contributed by atoms with Crippen molar-refractivity contribution < 1.29 is 4.79 Å². The van der Waals surface area contributed by atoms with Gasteiger partial charge in [0.15, 0.2) is 0 Å². The first-order chi connectivity index (χ1) is 8.56. The molecule has 0 saturated carbocycles. The van der Waals surface area contributed by atoms with E-state index in [-0.39, 0.29) is 5.91 Å². The lowest BCUT2D eigenvalue weighted by atomic mass is 10.2. The highest BCUT2D eigenvalue weighted by atomic mass is 16.1. The molecule has 0 fully saturated rings. The van der Waals surface area contributed by atoms with Gasteiger partial charge in [0.25, 0.3) is 5.91 Å². The number of hydrogen-bond donors (Lipinski definition) is 2. The Bertz CT molecular complexity index is 595. The maximum Gasteiger partial charge on any atom is 0.256 e. The summed E-state index contributed by atoms with van der Waals surface area (Å²) in [4.78, 5) is 20.0. The van der Waals surface area contributed by atoms with Crippen LogP contribution in [-0.2, 0) is 0 Å². The molecule has 3 N–H and O–H groups in total. The molecule has 0 atom stereocenters. The van der Waals surface area contributed by atoms with Crippen LogP contribution in [0.4, 0.5) is 11.5 Å². The highest BCUT2D eigenvalue weighted by molar-refractivity contribution is 6.03. The first-order valence-corrected chi connectivity index (χ1v) is 5.52. The van der Waals surface area contributed by atoms with Gasteiger partial charge in [0, 0.05) is 17.5 Å². The monoisotopic (exact) mass is 242 g/mol. The fourth-order valence-corrected chi connectivity index (χ4v) is 1.51. The van der Waals surface area contributed by atoms with Crippen molar-refractivity contribution in [2.45, 2.75) is 13.8 Å². The summed E-state index contributed by atoms with van der Waals surface area (Å²) in [5, 5.41) is 2.72. The third-order valence-corrected chi connectivity index (χ3v) is 2.55. The molecule has 5 nitrogen and oxygen atoms in total. The number of rotatable bonds is 2. The Hall–Kier alpha value is -2.43. The van der Waals surface area contributed by atoms with Gasteiger partial charge >= 0.3 is 0 Å².